The summed E-state index contributed by atoms with van der Waals surface area (Å²) in [5, 5.41) is 9.28. The molecule has 1 N–H and O–H groups in total. The Balaban J connectivity index is 2.16. The molecular formula is C13H13N3. The smallest absolute Gasteiger partial charge is 0.104 e. The SMILES string of the molecule is Cc1nc2ccc(C3(C#N)CC3C)cc2[nH]1. The average Bonchev–Trinajstić information content (AvgIpc) is 2.79. The van der Waals surface area contributed by atoms with Crippen LogP contribution in [0.4, 0.5) is 0 Å². The van der Waals surface area contributed by atoms with Crippen LogP contribution in [-0.4, -0.2) is 9.97 Å². The minimum atomic E-state index is -0.243. The second kappa shape index (κ2) is 2.85. The van der Waals surface area contributed by atoms with Crippen LogP contribution in [0.5, 0.6) is 0 Å². The van der Waals surface area contributed by atoms with Crippen LogP contribution in [-0.2, 0) is 5.41 Å². The molecule has 1 saturated carbocycles. The van der Waals surface area contributed by atoms with Gasteiger partial charge in [-0.2, -0.15) is 5.26 Å². The highest BCUT2D eigenvalue weighted by atomic mass is 14.9. The predicted molar refractivity (Wildman–Crippen MR) is 61.9 cm³/mol. The average molecular weight is 211 g/mol. The Kier molecular flexibility index (Phi) is 1.68. The summed E-state index contributed by atoms with van der Waals surface area (Å²) in [4.78, 5) is 7.58. The number of aromatic amines is 1. The first-order valence-electron chi connectivity index (χ1n) is 5.54. The van der Waals surface area contributed by atoms with Crippen LogP contribution in [0.3, 0.4) is 0 Å². The van der Waals surface area contributed by atoms with Crippen LogP contribution >= 0.6 is 0 Å². The molecular weight excluding hydrogens is 198 g/mol. The molecule has 16 heavy (non-hydrogen) atoms. The molecule has 1 heterocycles. The molecule has 2 unspecified atom stereocenters. The zero-order chi connectivity index (χ0) is 11.3. The predicted octanol–water partition coefficient (Wildman–Crippen LogP) is 2.67. The van der Waals surface area contributed by atoms with Crippen LogP contribution < -0.4 is 0 Å². The number of H-pyrrole nitrogens is 1. The van der Waals surface area contributed by atoms with E-state index in [-0.39, 0.29) is 5.41 Å². The Morgan fingerprint density at radius 3 is 2.94 bits per heavy atom. The minimum Gasteiger partial charge on any atom is -0.342 e. The summed E-state index contributed by atoms with van der Waals surface area (Å²) >= 11 is 0. The molecule has 1 aliphatic rings. The van der Waals surface area contributed by atoms with E-state index in [2.05, 4.69) is 29.0 Å². The number of aryl methyl sites for hydroxylation is 1. The Bertz CT molecular complexity index is 605. The first kappa shape index (κ1) is 9.41. The maximum atomic E-state index is 9.28. The molecule has 0 spiro atoms. The van der Waals surface area contributed by atoms with Gasteiger partial charge in [0.25, 0.3) is 0 Å². The van der Waals surface area contributed by atoms with Crippen LogP contribution in [0.1, 0.15) is 24.7 Å². The van der Waals surface area contributed by atoms with Crippen molar-refractivity contribution in [2.75, 3.05) is 0 Å². The Morgan fingerprint density at radius 1 is 1.56 bits per heavy atom. The van der Waals surface area contributed by atoms with Gasteiger partial charge in [-0.1, -0.05) is 13.0 Å². The lowest BCUT2D eigenvalue weighted by molar-refractivity contribution is 0.793. The molecule has 0 aliphatic heterocycles. The van der Waals surface area contributed by atoms with Gasteiger partial charge in [-0.05, 0) is 37.0 Å². The second-order valence-electron chi connectivity index (χ2n) is 4.74. The highest BCUT2D eigenvalue weighted by molar-refractivity contribution is 5.76. The number of nitrogens with one attached hydrogen (secondary N) is 1. The monoisotopic (exact) mass is 211 g/mol. The molecule has 2 aromatic rings. The molecule has 3 nitrogen and oxygen atoms in total. The Labute approximate surface area is 94.1 Å². The quantitative estimate of drug-likeness (QED) is 0.788. The number of aromatic nitrogens is 2. The summed E-state index contributed by atoms with van der Waals surface area (Å²) in [6.07, 6.45) is 0.974. The number of hydrogen-bond acceptors (Lipinski definition) is 2. The Morgan fingerprint density at radius 2 is 2.31 bits per heavy atom. The van der Waals surface area contributed by atoms with Gasteiger partial charge in [-0.15, -0.1) is 0 Å². The highest BCUT2D eigenvalue weighted by Gasteiger charge is 2.53. The zero-order valence-corrected chi connectivity index (χ0v) is 9.41. The van der Waals surface area contributed by atoms with E-state index in [1.807, 2.05) is 19.1 Å². The third-order valence-electron chi connectivity index (χ3n) is 3.62. The van der Waals surface area contributed by atoms with Crippen molar-refractivity contribution in [3.8, 4) is 6.07 Å². The molecule has 1 aromatic carbocycles. The van der Waals surface area contributed by atoms with Gasteiger partial charge in [-0.3, -0.25) is 0 Å². The Hall–Kier alpha value is -1.82. The number of fused-ring (bicyclic) bond motifs is 1. The van der Waals surface area contributed by atoms with Gasteiger partial charge in [-0.25, -0.2) is 4.98 Å². The molecule has 0 saturated heterocycles. The van der Waals surface area contributed by atoms with Crippen LogP contribution in [0.25, 0.3) is 11.0 Å². The lowest BCUT2D eigenvalue weighted by atomic mass is 9.95. The largest absolute Gasteiger partial charge is 0.342 e. The molecule has 0 bridgehead atoms. The van der Waals surface area contributed by atoms with Gasteiger partial charge in [0, 0.05) is 0 Å². The number of rotatable bonds is 1. The van der Waals surface area contributed by atoms with Gasteiger partial charge in [0.1, 0.15) is 5.82 Å². The lowest BCUT2D eigenvalue weighted by Gasteiger charge is -2.06. The zero-order valence-electron chi connectivity index (χ0n) is 9.41. The number of nitriles is 1. The molecule has 3 heteroatoms. The van der Waals surface area contributed by atoms with Crippen molar-refractivity contribution in [2.24, 2.45) is 5.92 Å². The minimum absolute atomic E-state index is 0.243. The maximum Gasteiger partial charge on any atom is 0.104 e. The summed E-state index contributed by atoms with van der Waals surface area (Å²) < 4.78 is 0. The number of imidazole rings is 1. The molecule has 0 amide bonds. The fourth-order valence-electron chi connectivity index (χ4n) is 2.46. The van der Waals surface area contributed by atoms with E-state index in [1.54, 1.807) is 0 Å². The van der Waals surface area contributed by atoms with Crippen LogP contribution in [0.2, 0.25) is 0 Å². The number of benzene rings is 1. The fraction of sp³-hybridized carbons (Fsp3) is 0.385. The van der Waals surface area contributed by atoms with Crippen molar-refractivity contribution in [3.63, 3.8) is 0 Å². The van der Waals surface area contributed by atoms with Gasteiger partial charge >= 0.3 is 0 Å². The third kappa shape index (κ3) is 1.10. The second-order valence-corrected chi connectivity index (χ2v) is 4.74. The fourth-order valence-corrected chi connectivity index (χ4v) is 2.46. The number of hydrogen-bond donors (Lipinski definition) is 1. The van der Waals surface area contributed by atoms with Crippen molar-refractivity contribution in [2.45, 2.75) is 25.7 Å². The summed E-state index contributed by atoms with van der Waals surface area (Å²) in [6, 6.07) is 8.56. The van der Waals surface area contributed by atoms with E-state index in [9.17, 15) is 5.26 Å². The standard InChI is InChI=1S/C13H13N3/c1-8-6-13(8,7-14)10-3-4-11-12(5-10)16-9(2)15-11/h3-5,8H,6H2,1-2H3,(H,15,16). The molecule has 2 atom stereocenters. The van der Waals surface area contributed by atoms with Crippen molar-refractivity contribution < 1.29 is 0 Å². The van der Waals surface area contributed by atoms with E-state index in [0.717, 1.165) is 28.8 Å². The molecule has 80 valence electrons. The molecule has 0 radical (unpaired) electrons. The summed E-state index contributed by atoms with van der Waals surface area (Å²) in [7, 11) is 0. The van der Waals surface area contributed by atoms with Gasteiger partial charge in [0.2, 0.25) is 0 Å². The first-order valence-corrected chi connectivity index (χ1v) is 5.54. The summed E-state index contributed by atoms with van der Waals surface area (Å²) in [6.45, 7) is 4.07. The van der Waals surface area contributed by atoms with Crippen LogP contribution in [0.15, 0.2) is 18.2 Å². The normalized spacial score (nSPS) is 27.9. The molecule has 1 aromatic heterocycles. The molecule has 1 fully saturated rings. The lowest BCUT2D eigenvalue weighted by Crippen LogP contribution is -2.05. The van der Waals surface area contributed by atoms with Gasteiger partial charge < -0.3 is 4.98 Å². The van der Waals surface area contributed by atoms with Crippen molar-refractivity contribution >= 4 is 11.0 Å². The third-order valence-corrected chi connectivity index (χ3v) is 3.62. The van der Waals surface area contributed by atoms with Gasteiger partial charge in [0.05, 0.1) is 22.5 Å². The van der Waals surface area contributed by atoms with E-state index < -0.39 is 0 Å². The topological polar surface area (TPSA) is 52.5 Å². The van der Waals surface area contributed by atoms with E-state index in [0.29, 0.717) is 5.92 Å². The van der Waals surface area contributed by atoms with E-state index in [4.69, 9.17) is 0 Å². The summed E-state index contributed by atoms with van der Waals surface area (Å²) in [5.41, 5.74) is 2.89. The van der Waals surface area contributed by atoms with Crippen molar-refractivity contribution in [3.05, 3.63) is 29.6 Å². The van der Waals surface area contributed by atoms with Crippen LogP contribution in [0, 0.1) is 24.2 Å². The highest BCUT2D eigenvalue weighted by Crippen LogP contribution is 2.53. The van der Waals surface area contributed by atoms with E-state index >= 15 is 0 Å². The first-order chi connectivity index (χ1) is 7.65. The van der Waals surface area contributed by atoms with E-state index in [1.165, 1.54) is 0 Å². The van der Waals surface area contributed by atoms with Gasteiger partial charge in [0.15, 0.2) is 0 Å². The summed E-state index contributed by atoms with van der Waals surface area (Å²) in [5.74, 6) is 1.39. The number of nitrogens with zero attached hydrogens (tertiary/aromatic N) is 2. The van der Waals surface area contributed by atoms with Crippen molar-refractivity contribution in [1.29, 1.82) is 5.26 Å². The maximum absolute atomic E-state index is 9.28. The molecule has 3 rings (SSSR count). The molecule has 1 aliphatic carbocycles. The van der Waals surface area contributed by atoms with Crippen molar-refractivity contribution in [1.82, 2.24) is 9.97 Å².